The Morgan fingerprint density at radius 3 is 2.35 bits per heavy atom. The molecule has 1 heterocycles. The Balaban J connectivity index is 1.73. The van der Waals surface area contributed by atoms with E-state index < -0.39 is 10.0 Å². The van der Waals surface area contributed by atoms with E-state index in [-0.39, 0.29) is 4.90 Å². The van der Waals surface area contributed by atoms with Gasteiger partial charge in [-0.1, -0.05) is 28.1 Å². The van der Waals surface area contributed by atoms with Crippen LogP contribution in [0.4, 0.5) is 5.69 Å². The van der Waals surface area contributed by atoms with Crippen molar-refractivity contribution in [3.8, 4) is 0 Å². The number of nitrogens with zero attached hydrogens (tertiary/aromatic N) is 2. The maximum Gasteiger partial charge on any atom is 0.261 e. The third-order valence-electron chi connectivity index (χ3n) is 3.23. The zero-order valence-electron chi connectivity index (χ0n) is 12.1. The van der Waals surface area contributed by atoms with Gasteiger partial charge in [-0.25, -0.2) is 8.42 Å². The van der Waals surface area contributed by atoms with Gasteiger partial charge in [0.15, 0.2) is 0 Å². The van der Waals surface area contributed by atoms with Gasteiger partial charge in [0.2, 0.25) is 0 Å². The van der Waals surface area contributed by atoms with Crippen molar-refractivity contribution in [1.82, 2.24) is 9.78 Å². The number of rotatable bonds is 5. The van der Waals surface area contributed by atoms with Gasteiger partial charge in [0, 0.05) is 22.6 Å². The highest BCUT2D eigenvalue weighted by atomic mass is 79.9. The van der Waals surface area contributed by atoms with Gasteiger partial charge < -0.3 is 0 Å². The first-order chi connectivity index (χ1) is 11.0. The number of anilines is 1. The Kier molecular flexibility index (Phi) is 4.49. The fourth-order valence-corrected chi connectivity index (χ4v) is 3.41. The minimum atomic E-state index is -3.58. The molecule has 0 atom stereocenters. The van der Waals surface area contributed by atoms with Crippen LogP contribution in [0.3, 0.4) is 0 Å². The summed E-state index contributed by atoms with van der Waals surface area (Å²) in [5, 5.41) is 4.14. The van der Waals surface area contributed by atoms with Gasteiger partial charge in [-0.3, -0.25) is 9.40 Å². The predicted octanol–water partition coefficient (Wildman–Crippen LogP) is 3.49. The van der Waals surface area contributed by atoms with Crippen LogP contribution in [0.5, 0.6) is 0 Å². The molecular weight excluding hydrogens is 378 g/mol. The van der Waals surface area contributed by atoms with Crippen LogP contribution in [0.1, 0.15) is 5.56 Å². The quantitative estimate of drug-likeness (QED) is 0.723. The Morgan fingerprint density at radius 1 is 1.04 bits per heavy atom. The van der Waals surface area contributed by atoms with Crippen molar-refractivity contribution in [2.75, 3.05) is 4.72 Å². The SMILES string of the molecule is O=S(=O)(Nc1ccc(Cn2cccn2)cc1)c1ccc(Br)cc1. The molecule has 0 aliphatic rings. The van der Waals surface area contributed by atoms with E-state index in [0.717, 1.165) is 10.0 Å². The number of benzene rings is 2. The summed E-state index contributed by atoms with van der Waals surface area (Å²) in [5.41, 5.74) is 1.57. The molecule has 0 amide bonds. The highest BCUT2D eigenvalue weighted by Gasteiger charge is 2.13. The third kappa shape index (κ3) is 4.00. The zero-order chi connectivity index (χ0) is 16.3. The molecule has 3 aromatic rings. The molecule has 0 aliphatic carbocycles. The van der Waals surface area contributed by atoms with Crippen LogP contribution in [0.25, 0.3) is 0 Å². The Labute approximate surface area is 143 Å². The molecule has 118 valence electrons. The third-order valence-corrected chi connectivity index (χ3v) is 5.16. The highest BCUT2D eigenvalue weighted by molar-refractivity contribution is 9.10. The van der Waals surface area contributed by atoms with Crippen LogP contribution in [-0.4, -0.2) is 18.2 Å². The molecule has 2 aromatic carbocycles. The first-order valence-corrected chi connectivity index (χ1v) is 9.15. The van der Waals surface area contributed by atoms with E-state index in [1.165, 1.54) is 0 Å². The molecule has 1 aromatic heterocycles. The van der Waals surface area contributed by atoms with Crippen LogP contribution in [-0.2, 0) is 16.6 Å². The fourth-order valence-electron chi connectivity index (χ4n) is 2.09. The summed E-state index contributed by atoms with van der Waals surface area (Å²) in [4.78, 5) is 0.223. The number of hydrogen-bond donors (Lipinski definition) is 1. The molecule has 0 fully saturated rings. The largest absolute Gasteiger partial charge is 0.280 e. The van der Waals surface area contributed by atoms with Gasteiger partial charge >= 0.3 is 0 Å². The lowest BCUT2D eigenvalue weighted by Crippen LogP contribution is -2.12. The summed E-state index contributed by atoms with van der Waals surface area (Å²) in [6, 6.07) is 15.6. The summed E-state index contributed by atoms with van der Waals surface area (Å²) in [5.74, 6) is 0. The molecule has 0 bridgehead atoms. The summed E-state index contributed by atoms with van der Waals surface area (Å²) in [7, 11) is -3.58. The molecule has 7 heteroatoms. The molecular formula is C16H14BrN3O2S. The van der Waals surface area contributed by atoms with E-state index in [2.05, 4.69) is 25.8 Å². The average Bonchev–Trinajstić information content (AvgIpc) is 3.02. The van der Waals surface area contributed by atoms with Crippen LogP contribution in [0.15, 0.2) is 76.4 Å². The molecule has 0 unspecified atom stereocenters. The minimum absolute atomic E-state index is 0.223. The van der Waals surface area contributed by atoms with Crippen LogP contribution in [0, 0.1) is 0 Å². The summed E-state index contributed by atoms with van der Waals surface area (Å²) < 4.78 is 29.8. The van der Waals surface area contributed by atoms with Crippen LogP contribution < -0.4 is 4.72 Å². The van der Waals surface area contributed by atoms with Crippen LogP contribution in [0.2, 0.25) is 0 Å². The van der Waals surface area contributed by atoms with Gasteiger partial charge in [-0.15, -0.1) is 0 Å². The molecule has 5 nitrogen and oxygen atoms in total. The monoisotopic (exact) mass is 391 g/mol. The van der Waals surface area contributed by atoms with E-state index in [9.17, 15) is 8.42 Å². The van der Waals surface area contributed by atoms with Crippen molar-refractivity contribution in [3.05, 3.63) is 77.0 Å². The molecule has 0 aliphatic heterocycles. The molecule has 0 saturated carbocycles. The second kappa shape index (κ2) is 6.55. The molecule has 23 heavy (non-hydrogen) atoms. The van der Waals surface area contributed by atoms with Crippen molar-refractivity contribution in [2.24, 2.45) is 0 Å². The van der Waals surface area contributed by atoms with Crippen molar-refractivity contribution in [3.63, 3.8) is 0 Å². The van der Waals surface area contributed by atoms with Gasteiger partial charge in [0.05, 0.1) is 11.4 Å². The van der Waals surface area contributed by atoms with Crippen molar-refractivity contribution >= 4 is 31.6 Å². The molecule has 0 saturated heterocycles. The Bertz CT molecular complexity index is 874. The van der Waals surface area contributed by atoms with E-state index in [1.807, 2.05) is 24.4 Å². The van der Waals surface area contributed by atoms with Crippen molar-refractivity contribution < 1.29 is 8.42 Å². The van der Waals surface area contributed by atoms with E-state index in [4.69, 9.17) is 0 Å². The minimum Gasteiger partial charge on any atom is -0.280 e. The molecule has 0 spiro atoms. The topological polar surface area (TPSA) is 64.0 Å². The normalized spacial score (nSPS) is 11.3. The number of sulfonamides is 1. The first-order valence-electron chi connectivity index (χ1n) is 6.88. The van der Waals surface area contributed by atoms with Gasteiger partial charge in [-0.05, 0) is 48.0 Å². The smallest absolute Gasteiger partial charge is 0.261 e. The number of aromatic nitrogens is 2. The second-order valence-corrected chi connectivity index (χ2v) is 7.56. The molecule has 0 radical (unpaired) electrons. The van der Waals surface area contributed by atoms with E-state index >= 15 is 0 Å². The predicted molar refractivity (Wildman–Crippen MR) is 92.7 cm³/mol. The number of halogens is 1. The van der Waals surface area contributed by atoms with E-state index in [1.54, 1.807) is 47.3 Å². The van der Waals surface area contributed by atoms with Gasteiger partial charge in [-0.2, -0.15) is 5.10 Å². The lowest BCUT2D eigenvalue weighted by atomic mass is 10.2. The van der Waals surface area contributed by atoms with Crippen molar-refractivity contribution in [2.45, 2.75) is 11.4 Å². The number of hydrogen-bond acceptors (Lipinski definition) is 3. The Hall–Kier alpha value is -2.12. The van der Waals surface area contributed by atoms with E-state index in [0.29, 0.717) is 12.2 Å². The van der Waals surface area contributed by atoms with Crippen LogP contribution >= 0.6 is 15.9 Å². The lowest BCUT2D eigenvalue weighted by Gasteiger charge is -2.09. The zero-order valence-corrected chi connectivity index (χ0v) is 14.5. The maximum atomic E-state index is 12.3. The number of nitrogens with one attached hydrogen (secondary N) is 1. The first kappa shape index (κ1) is 15.8. The average molecular weight is 392 g/mol. The fraction of sp³-hybridized carbons (Fsp3) is 0.0625. The van der Waals surface area contributed by atoms with Gasteiger partial charge in [0.25, 0.3) is 10.0 Å². The molecule has 1 N–H and O–H groups in total. The molecule has 3 rings (SSSR count). The lowest BCUT2D eigenvalue weighted by molar-refractivity contribution is 0.601. The summed E-state index contributed by atoms with van der Waals surface area (Å²) >= 11 is 3.29. The summed E-state index contributed by atoms with van der Waals surface area (Å²) in [6.07, 6.45) is 3.60. The maximum absolute atomic E-state index is 12.3. The van der Waals surface area contributed by atoms with Gasteiger partial charge in [0.1, 0.15) is 0 Å². The second-order valence-electron chi connectivity index (χ2n) is 4.96. The summed E-state index contributed by atoms with van der Waals surface area (Å²) in [6.45, 7) is 0.646. The Morgan fingerprint density at radius 2 is 1.74 bits per heavy atom. The highest BCUT2D eigenvalue weighted by Crippen LogP contribution is 2.19. The standard InChI is InChI=1S/C16H14BrN3O2S/c17-14-4-8-16(9-5-14)23(21,22)19-15-6-2-13(3-7-15)12-20-11-1-10-18-20/h1-11,19H,12H2. The van der Waals surface area contributed by atoms with Crippen molar-refractivity contribution in [1.29, 1.82) is 0 Å².